The lowest BCUT2D eigenvalue weighted by molar-refractivity contribution is 0.819. The predicted molar refractivity (Wildman–Crippen MR) is 71.6 cm³/mol. The van der Waals surface area contributed by atoms with Gasteiger partial charge in [-0.05, 0) is 32.4 Å². The van der Waals surface area contributed by atoms with Gasteiger partial charge in [0.05, 0.1) is 11.4 Å². The van der Waals surface area contributed by atoms with Crippen molar-refractivity contribution in [2.75, 3.05) is 5.32 Å². The van der Waals surface area contributed by atoms with Gasteiger partial charge in [-0.25, -0.2) is 4.98 Å². The van der Waals surface area contributed by atoms with E-state index < -0.39 is 0 Å². The average molecular weight is 243 g/mol. The van der Waals surface area contributed by atoms with Crippen LogP contribution in [0.4, 0.5) is 11.6 Å². The van der Waals surface area contributed by atoms with Crippen LogP contribution < -0.4 is 11.1 Å². The van der Waals surface area contributed by atoms with Gasteiger partial charge in [0.25, 0.3) is 0 Å². The van der Waals surface area contributed by atoms with Crippen LogP contribution in [0.25, 0.3) is 0 Å². The molecule has 2 aromatic rings. The molecule has 0 aliphatic carbocycles. The third-order valence-electron chi connectivity index (χ3n) is 2.79. The van der Waals surface area contributed by atoms with Crippen molar-refractivity contribution in [3.8, 4) is 0 Å². The van der Waals surface area contributed by atoms with Crippen LogP contribution in [0, 0.1) is 13.8 Å². The Labute approximate surface area is 106 Å². The molecule has 2 rings (SSSR count). The minimum atomic E-state index is -0.0480. The molecule has 0 saturated heterocycles. The molecule has 0 spiro atoms. The first-order valence-corrected chi connectivity index (χ1v) is 5.87. The molecule has 94 valence electrons. The molecule has 1 aromatic heterocycles. The first kappa shape index (κ1) is 12.4. The van der Waals surface area contributed by atoms with Gasteiger partial charge in [0.15, 0.2) is 0 Å². The molecule has 5 nitrogen and oxygen atoms in total. The Morgan fingerprint density at radius 2 is 1.83 bits per heavy atom. The Morgan fingerprint density at radius 1 is 1.11 bits per heavy atom. The highest BCUT2D eigenvalue weighted by atomic mass is 15.2. The summed E-state index contributed by atoms with van der Waals surface area (Å²) in [5.74, 6) is 0.492. The van der Waals surface area contributed by atoms with Gasteiger partial charge in [-0.15, -0.1) is 5.10 Å². The van der Waals surface area contributed by atoms with Crippen LogP contribution in [0.2, 0.25) is 0 Å². The van der Waals surface area contributed by atoms with Crippen LogP contribution in [-0.4, -0.2) is 15.2 Å². The van der Waals surface area contributed by atoms with E-state index in [1.807, 2.05) is 45.0 Å². The summed E-state index contributed by atoms with van der Waals surface area (Å²) in [4.78, 5) is 4.34. The molecule has 0 fully saturated rings. The highest BCUT2D eigenvalue weighted by Crippen LogP contribution is 2.23. The zero-order chi connectivity index (χ0) is 13.1. The fraction of sp³-hybridized carbons (Fsp3) is 0.308. The summed E-state index contributed by atoms with van der Waals surface area (Å²) in [6, 6.07) is 7.80. The van der Waals surface area contributed by atoms with Crippen LogP contribution in [-0.2, 0) is 0 Å². The van der Waals surface area contributed by atoms with Gasteiger partial charge in [0.1, 0.15) is 0 Å². The fourth-order valence-electron chi connectivity index (χ4n) is 1.64. The summed E-state index contributed by atoms with van der Waals surface area (Å²) in [5.41, 5.74) is 9.57. The quantitative estimate of drug-likeness (QED) is 0.864. The topological polar surface area (TPSA) is 76.7 Å². The van der Waals surface area contributed by atoms with Crippen LogP contribution in [0.3, 0.4) is 0 Å². The Hall–Kier alpha value is -2.01. The zero-order valence-corrected chi connectivity index (χ0v) is 10.8. The smallest absolute Gasteiger partial charge is 0.247 e. The molecular weight excluding hydrogens is 226 g/mol. The van der Waals surface area contributed by atoms with E-state index >= 15 is 0 Å². The van der Waals surface area contributed by atoms with Crippen molar-refractivity contribution < 1.29 is 0 Å². The molecule has 3 N–H and O–H groups in total. The lowest BCUT2D eigenvalue weighted by Crippen LogP contribution is -2.09. The van der Waals surface area contributed by atoms with E-state index in [4.69, 9.17) is 5.73 Å². The number of para-hydroxylation sites is 1. The van der Waals surface area contributed by atoms with Crippen molar-refractivity contribution in [3.05, 3.63) is 41.2 Å². The Bertz CT molecular complexity index is 551. The van der Waals surface area contributed by atoms with Crippen molar-refractivity contribution in [1.82, 2.24) is 15.2 Å². The summed E-state index contributed by atoms with van der Waals surface area (Å²) < 4.78 is 0. The summed E-state index contributed by atoms with van der Waals surface area (Å²) in [7, 11) is 0. The van der Waals surface area contributed by atoms with Crippen LogP contribution in [0.5, 0.6) is 0 Å². The lowest BCUT2D eigenvalue weighted by Gasteiger charge is -2.13. The molecule has 0 radical (unpaired) electrons. The third-order valence-corrected chi connectivity index (χ3v) is 2.79. The van der Waals surface area contributed by atoms with Gasteiger partial charge in [-0.1, -0.05) is 18.2 Å². The minimum absolute atomic E-state index is 0.0480. The molecule has 1 atom stereocenters. The number of nitrogens with two attached hydrogens (primary N) is 1. The SMILES string of the molecule is Cc1nnc(Nc2ccccc2C(C)N)nc1C. The number of rotatable bonds is 3. The summed E-state index contributed by atoms with van der Waals surface area (Å²) >= 11 is 0. The second kappa shape index (κ2) is 5.10. The van der Waals surface area contributed by atoms with E-state index in [0.717, 1.165) is 22.6 Å². The highest BCUT2D eigenvalue weighted by molar-refractivity contribution is 5.59. The molecule has 1 heterocycles. The van der Waals surface area contributed by atoms with Crippen molar-refractivity contribution in [2.45, 2.75) is 26.8 Å². The van der Waals surface area contributed by atoms with Gasteiger partial charge in [0, 0.05) is 11.7 Å². The lowest BCUT2D eigenvalue weighted by atomic mass is 10.1. The fourth-order valence-corrected chi connectivity index (χ4v) is 1.64. The monoisotopic (exact) mass is 243 g/mol. The molecule has 1 aromatic carbocycles. The summed E-state index contributed by atoms with van der Waals surface area (Å²) in [6.07, 6.45) is 0. The Balaban J connectivity index is 2.31. The average Bonchev–Trinajstić information content (AvgIpc) is 2.34. The highest BCUT2D eigenvalue weighted by Gasteiger charge is 2.08. The third kappa shape index (κ3) is 2.62. The number of hydrogen-bond acceptors (Lipinski definition) is 5. The summed E-state index contributed by atoms with van der Waals surface area (Å²) in [5, 5.41) is 11.2. The molecule has 0 saturated carbocycles. The molecular formula is C13H17N5. The second-order valence-corrected chi connectivity index (χ2v) is 4.31. The number of hydrogen-bond donors (Lipinski definition) is 2. The number of nitrogens with one attached hydrogen (secondary N) is 1. The first-order chi connectivity index (χ1) is 8.58. The number of aryl methyl sites for hydroxylation is 2. The zero-order valence-electron chi connectivity index (χ0n) is 10.8. The number of anilines is 2. The van der Waals surface area contributed by atoms with Crippen molar-refractivity contribution in [1.29, 1.82) is 0 Å². The van der Waals surface area contributed by atoms with Gasteiger partial charge in [0.2, 0.25) is 5.95 Å². The van der Waals surface area contributed by atoms with Crippen molar-refractivity contribution >= 4 is 11.6 Å². The Kier molecular flexibility index (Phi) is 3.53. The molecule has 18 heavy (non-hydrogen) atoms. The van der Waals surface area contributed by atoms with E-state index in [9.17, 15) is 0 Å². The maximum absolute atomic E-state index is 5.93. The Morgan fingerprint density at radius 3 is 2.50 bits per heavy atom. The number of nitrogens with zero attached hydrogens (tertiary/aromatic N) is 3. The summed E-state index contributed by atoms with van der Waals surface area (Å²) in [6.45, 7) is 5.74. The van der Waals surface area contributed by atoms with Gasteiger partial charge in [-0.3, -0.25) is 0 Å². The van der Waals surface area contributed by atoms with E-state index in [-0.39, 0.29) is 6.04 Å². The molecule has 0 amide bonds. The molecule has 0 bridgehead atoms. The van der Waals surface area contributed by atoms with Crippen LogP contribution in [0.15, 0.2) is 24.3 Å². The molecule has 0 aliphatic rings. The number of benzene rings is 1. The van der Waals surface area contributed by atoms with E-state index in [1.165, 1.54) is 0 Å². The van der Waals surface area contributed by atoms with E-state index in [2.05, 4.69) is 20.5 Å². The van der Waals surface area contributed by atoms with Gasteiger partial charge < -0.3 is 11.1 Å². The van der Waals surface area contributed by atoms with Gasteiger partial charge >= 0.3 is 0 Å². The maximum atomic E-state index is 5.93. The van der Waals surface area contributed by atoms with Crippen LogP contribution >= 0.6 is 0 Å². The minimum Gasteiger partial charge on any atom is -0.324 e. The second-order valence-electron chi connectivity index (χ2n) is 4.31. The predicted octanol–water partition coefficient (Wildman–Crippen LogP) is 2.25. The molecule has 5 heteroatoms. The molecule has 1 unspecified atom stereocenters. The van der Waals surface area contributed by atoms with Crippen molar-refractivity contribution in [2.24, 2.45) is 5.73 Å². The largest absolute Gasteiger partial charge is 0.324 e. The normalized spacial score (nSPS) is 12.2. The number of aromatic nitrogens is 3. The van der Waals surface area contributed by atoms with E-state index in [1.54, 1.807) is 0 Å². The van der Waals surface area contributed by atoms with Crippen molar-refractivity contribution in [3.63, 3.8) is 0 Å². The molecule has 0 aliphatic heterocycles. The first-order valence-electron chi connectivity index (χ1n) is 5.87. The van der Waals surface area contributed by atoms with Crippen LogP contribution in [0.1, 0.15) is 29.9 Å². The van der Waals surface area contributed by atoms with E-state index in [0.29, 0.717) is 5.95 Å². The standard InChI is InChI=1S/C13H17N5/c1-8(14)11-6-4-5-7-12(11)16-13-15-9(2)10(3)17-18-13/h4-8H,14H2,1-3H3,(H,15,16,18). The maximum Gasteiger partial charge on any atom is 0.247 e. The van der Waals surface area contributed by atoms with Gasteiger partial charge in [-0.2, -0.15) is 5.10 Å².